The standard InChI is InChI=1S/C20H17ClN4O4/c1-28-12-4-3-11(18(5-12)29-2)8-23-19-17-9-22-10-25(17)16-6-13(20(26)27)14(21)7-15(16)24-19/h3-7,9-10H,8H2,1-2H3,(H,23,24)(H,26,27). The number of halogens is 1. The van der Waals surface area contributed by atoms with Crippen molar-refractivity contribution in [2.45, 2.75) is 6.54 Å². The lowest BCUT2D eigenvalue weighted by molar-refractivity contribution is 0.0697. The Hall–Kier alpha value is -3.52. The molecular weight excluding hydrogens is 396 g/mol. The monoisotopic (exact) mass is 412 g/mol. The van der Waals surface area contributed by atoms with Gasteiger partial charge in [0.15, 0.2) is 5.82 Å². The van der Waals surface area contributed by atoms with Crippen molar-refractivity contribution in [2.24, 2.45) is 0 Å². The van der Waals surface area contributed by atoms with E-state index >= 15 is 0 Å². The number of aromatic carboxylic acids is 1. The molecule has 4 rings (SSSR count). The van der Waals surface area contributed by atoms with E-state index in [-0.39, 0.29) is 10.6 Å². The van der Waals surface area contributed by atoms with Crippen LogP contribution in [-0.2, 0) is 6.54 Å². The summed E-state index contributed by atoms with van der Waals surface area (Å²) < 4.78 is 12.4. The van der Waals surface area contributed by atoms with Crippen LogP contribution < -0.4 is 14.8 Å². The van der Waals surface area contributed by atoms with Crippen molar-refractivity contribution in [1.29, 1.82) is 0 Å². The second-order valence-electron chi connectivity index (χ2n) is 6.27. The number of anilines is 1. The second kappa shape index (κ2) is 7.48. The Bertz CT molecular complexity index is 1240. The predicted molar refractivity (Wildman–Crippen MR) is 109 cm³/mol. The molecule has 2 aromatic carbocycles. The minimum absolute atomic E-state index is 0.0136. The van der Waals surface area contributed by atoms with Crippen molar-refractivity contribution in [3.63, 3.8) is 0 Å². The summed E-state index contributed by atoms with van der Waals surface area (Å²) in [6.45, 7) is 0.452. The molecule has 0 spiro atoms. The minimum atomic E-state index is -1.10. The van der Waals surface area contributed by atoms with Crippen molar-refractivity contribution in [1.82, 2.24) is 14.4 Å². The fourth-order valence-electron chi connectivity index (χ4n) is 3.14. The zero-order valence-electron chi connectivity index (χ0n) is 15.6. The molecule has 0 amide bonds. The van der Waals surface area contributed by atoms with Gasteiger partial charge in [-0.25, -0.2) is 14.8 Å². The van der Waals surface area contributed by atoms with Gasteiger partial charge in [-0.05, 0) is 24.3 Å². The number of hydrogen-bond donors (Lipinski definition) is 2. The lowest BCUT2D eigenvalue weighted by atomic mass is 10.1. The van der Waals surface area contributed by atoms with Gasteiger partial charge in [-0.15, -0.1) is 0 Å². The molecule has 4 aromatic rings. The number of nitrogens with zero attached hydrogens (tertiary/aromatic N) is 3. The SMILES string of the molecule is COc1ccc(CNc2nc3cc(Cl)c(C(=O)O)cc3n3cncc23)c(OC)c1. The molecule has 0 fully saturated rings. The van der Waals surface area contributed by atoms with Gasteiger partial charge in [0.1, 0.15) is 17.0 Å². The third-order valence-electron chi connectivity index (χ3n) is 4.61. The maximum atomic E-state index is 11.4. The molecule has 0 bridgehead atoms. The third-order valence-corrected chi connectivity index (χ3v) is 4.92. The first-order valence-corrected chi connectivity index (χ1v) is 9.03. The van der Waals surface area contributed by atoms with E-state index in [0.29, 0.717) is 40.4 Å². The number of ether oxygens (including phenoxy) is 2. The summed E-state index contributed by atoms with van der Waals surface area (Å²) >= 11 is 6.12. The maximum Gasteiger partial charge on any atom is 0.337 e. The minimum Gasteiger partial charge on any atom is -0.497 e. The van der Waals surface area contributed by atoms with E-state index in [2.05, 4.69) is 15.3 Å². The van der Waals surface area contributed by atoms with Crippen molar-refractivity contribution < 1.29 is 19.4 Å². The fourth-order valence-corrected chi connectivity index (χ4v) is 3.38. The number of benzene rings is 2. The number of aromatic nitrogens is 3. The van der Waals surface area contributed by atoms with Gasteiger partial charge in [0.2, 0.25) is 0 Å². The summed E-state index contributed by atoms with van der Waals surface area (Å²) in [6, 6.07) is 8.62. The molecule has 0 saturated heterocycles. The van der Waals surface area contributed by atoms with Gasteiger partial charge >= 0.3 is 5.97 Å². The summed E-state index contributed by atoms with van der Waals surface area (Å²) in [6.07, 6.45) is 3.27. The lowest BCUT2D eigenvalue weighted by Gasteiger charge is -2.13. The maximum absolute atomic E-state index is 11.4. The zero-order valence-corrected chi connectivity index (χ0v) is 16.4. The fraction of sp³-hybridized carbons (Fsp3) is 0.150. The van der Waals surface area contributed by atoms with Crippen molar-refractivity contribution in [3.8, 4) is 11.5 Å². The number of nitrogens with one attached hydrogen (secondary N) is 1. The summed E-state index contributed by atoms with van der Waals surface area (Å²) in [5, 5.41) is 12.8. The van der Waals surface area contributed by atoms with Crippen LogP contribution in [0.25, 0.3) is 16.6 Å². The van der Waals surface area contributed by atoms with Gasteiger partial charge in [-0.2, -0.15) is 0 Å². The first-order valence-electron chi connectivity index (χ1n) is 8.65. The number of imidazole rings is 1. The molecule has 29 heavy (non-hydrogen) atoms. The number of rotatable bonds is 6. The van der Waals surface area contributed by atoms with Crippen LogP contribution in [0, 0.1) is 0 Å². The molecule has 2 aromatic heterocycles. The average molecular weight is 413 g/mol. The number of carbonyl (C=O) groups is 1. The van der Waals surface area contributed by atoms with E-state index in [1.165, 1.54) is 6.07 Å². The Balaban J connectivity index is 1.75. The van der Waals surface area contributed by atoms with Crippen LogP contribution in [0.5, 0.6) is 11.5 Å². The van der Waals surface area contributed by atoms with Crippen LogP contribution in [0.2, 0.25) is 5.02 Å². The van der Waals surface area contributed by atoms with Gasteiger partial charge in [0, 0.05) is 18.2 Å². The Morgan fingerprint density at radius 3 is 2.76 bits per heavy atom. The van der Waals surface area contributed by atoms with E-state index in [0.717, 1.165) is 5.56 Å². The molecule has 0 aliphatic rings. The third kappa shape index (κ3) is 3.38. The van der Waals surface area contributed by atoms with Gasteiger partial charge < -0.3 is 19.9 Å². The largest absolute Gasteiger partial charge is 0.497 e. The highest BCUT2D eigenvalue weighted by Crippen LogP contribution is 2.29. The summed E-state index contributed by atoms with van der Waals surface area (Å²) in [5.41, 5.74) is 2.80. The smallest absolute Gasteiger partial charge is 0.337 e. The van der Waals surface area contributed by atoms with Crippen LogP contribution in [0.3, 0.4) is 0 Å². The molecule has 0 radical (unpaired) electrons. The van der Waals surface area contributed by atoms with Crippen LogP contribution in [0.1, 0.15) is 15.9 Å². The van der Waals surface area contributed by atoms with Crippen LogP contribution in [-0.4, -0.2) is 39.7 Å². The molecule has 0 atom stereocenters. The number of fused-ring (bicyclic) bond motifs is 3. The van der Waals surface area contributed by atoms with Crippen LogP contribution in [0.4, 0.5) is 5.82 Å². The highest BCUT2D eigenvalue weighted by Gasteiger charge is 2.15. The lowest BCUT2D eigenvalue weighted by Crippen LogP contribution is -2.06. The summed E-state index contributed by atoms with van der Waals surface area (Å²) in [7, 11) is 3.20. The Kier molecular flexibility index (Phi) is 4.85. The number of hydrogen-bond acceptors (Lipinski definition) is 6. The van der Waals surface area contributed by atoms with E-state index in [4.69, 9.17) is 21.1 Å². The van der Waals surface area contributed by atoms with Gasteiger partial charge in [-0.3, -0.25) is 4.40 Å². The molecule has 0 saturated carbocycles. The molecule has 2 N–H and O–H groups in total. The highest BCUT2D eigenvalue weighted by molar-refractivity contribution is 6.34. The van der Waals surface area contributed by atoms with Crippen molar-refractivity contribution in [3.05, 3.63) is 59.0 Å². The molecule has 0 aliphatic carbocycles. The Morgan fingerprint density at radius 2 is 2.03 bits per heavy atom. The molecule has 0 unspecified atom stereocenters. The molecule has 0 aliphatic heterocycles. The van der Waals surface area contributed by atoms with Crippen LogP contribution in [0.15, 0.2) is 42.9 Å². The number of carboxylic acids is 1. The Labute approximate surface area is 170 Å². The van der Waals surface area contributed by atoms with Gasteiger partial charge in [0.25, 0.3) is 0 Å². The van der Waals surface area contributed by atoms with Crippen LogP contribution >= 0.6 is 11.6 Å². The molecule has 2 heterocycles. The van der Waals surface area contributed by atoms with Gasteiger partial charge in [0.05, 0.1) is 48.4 Å². The molecule has 148 valence electrons. The average Bonchev–Trinajstić information content (AvgIpc) is 3.21. The van der Waals surface area contributed by atoms with E-state index in [1.807, 2.05) is 18.2 Å². The Morgan fingerprint density at radius 1 is 1.21 bits per heavy atom. The van der Waals surface area contributed by atoms with Crippen molar-refractivity contribution >= 4 is 39.9 Å². The van der Waals surface area contributed by atoms with E-state index < -0.39 is 5.97 Å². The molecular formula is C20H17ClN4O4. The number of methoxy groups -OCH3 is 2. The molecule has 9 heteroatoms. The topological polar surface area (TPSA) is 98.0 Å². The molecule has 8 nitrogen and oxygen atoms in total. The predicted octanol–water partition coefficient (Wildman–Crippen LogP) is 3.86. The first kappa shape index (κ1) is 18.8. The van der Waals surface area contributed by atoms with Gasteiger partial charge in [-0.1, -0.05) is 11.6 Å². The summed E-state index contributed by atoms with van der Waals surface area (Å²) in [4.78, 5) is 20.2. The second-order valence-corrected chi connectivity index (χ2v) is 6.67. The zero-order chi connectivity index (χ0) is 20.5. The summed E-state index contributed by atoms with van der Waals surface area (Å²) in [5.74, 6) is 0.888. The van der Waals surface area contributed by atoms with Crippen molar-refractivity contribution in [2.75, 3.05) is 19.5 Å². The normalized spacial score (nSPS) is 11.0. The van der Waals surface area contributed by atoms with E-state index in [1.54, 1.807) is 37.2 Å². The van der Waals surface area contributed by atoms with E-state index in [9.17, 15) is 9.90 Å². The highest BCUT2D eigenvalue weighted by atomic mass is 35.5. The first-order chi connectivity index (χ1) is 14.0. The number of carboxylic acid groups (broad SMARTS) is 1. The quantitative estimate of drug-likeness (QED) is 0.496.